The van der Waals surface area contributed by atoms with Gasteiger partial charge in [0.05, 0.1) is 11.4 Å². The lowest BCUT2D eigenvalue weighted by molar-refractivity contribution is 0.298. The minimum absolute atomic E-state index is 0.184. The molecule has 24 heavy (non-hydrogen) atoms. The van der Waals surface area contributed by atoms with Crippen LogP contribution in [0.5, 0.6) is 0 Å². The van der Waals surface area contributed by atoms with Crippen molar-refractivity contribution in [3.05, 3.63) is 36.2 Å². The Morgan fingerprint density at radius 1 is 1.25 bits per heavy atom. The molecule has 130 valence electrons. The maximum absolute atomic E-state index is 12.4. The Morgan fingerprint density at radius 2 is 2.04 bits per heavy atom. The van der Waals surface area contributed by atoms with Gasteiger partial charge in [0.2, 0.25) is 0 Å². The van der Waals surface area contributed by atoms with Crippen molar-refractivity contribution in [2.24, 2.45) is 7.05 Å². The number of aromatic nitrogens is 3. The molecule has 3 rings (SSSR count). The van der Waals surface area contributed by atoms with Crippen LogP contribution >= 0.6 is 0 Å². The highest BCUT2D eigenvalue weighted by atomic mass is 32.2. The Hall–Kier alpha value is -1.77. The summed E-state index contributed by atoms with van der Waals surface area (Å²) in [6.45, 7) is 1.09. The van der Waals surface area contributed by atoms with E-state index in [4.69, 9.17) is 0 Å². The van der Waals surface area contributed by atoms with E-state index in [0.717, 1.165) is 29.8 Å². The van der Waals surface area contributed by atoms with Gasteiger partial charge in [-0.3, -0.25) is 9.67 Å². The molecule has 0 unspecified atom stereocenters. The number of hydrogen-bond acceptors (Lipinski definition) is 4. The third kappa shape index (κ3) is 3.22. The Morgan fingerprint density at radius 3 is 2.71 bits per heavy atom. The van der Waals surface area contributed by atoms with Crippen LogP contribution in [0.2, 0.25) is 0 Å². The maximum Gasteiger partial charge on any atom is 0.281 e. The zero-order valence-corrected chi connectivity index (χ0v) is 15.1. The normalized spacial score (nSPS) is 19.8. The van der Waals surface area contributed by atoms with Crippen molar-refractivity contribution < 1.29 is 8.42 Å². The second-order valence-corrected chi connectivity index (χ2v) is 8.44. The lowest BCUT2D eigenvalue weighted by Crippen LogP contribution is -2.44. The summed E-state index contributed by atoms with van der Waals surface area (Å²) in [7, 11) is 1.67. The zero-order valence-electron chi connectivity index (χ0n) is 14.3. The summed E-state index contributed by atoms with van der Waals surface area (Å²) in [4.78, 5) is 4.43. The molecular formula is C16H23N5O2S. The number of nitrogens with zero attached hydrogens (tertiary/aromatic N) is 5. The average Bonchev–Trinajstić information content (AvgIpc) is 3.01. The topological polar surface area (TPSA) is 71.3 Å². The predicted molar refractivity (Wildman–Crippen MR) is 92.6 cm³/mol. The number of hydrogen-bond donors (Lipinski definition) is 0. The fourth-order valence-electron chi connectivity index (χ4n) is 3.12. The molecule has 3 heterocycles. The molecular weight excluding hydrogens is 326 g/mol. The molecule has 0 amide bonds. The van der Waals surface area contributed by atoms with Crippen molar-refractivity contribution in [2.45, 2.75) is 18.8 Å². The van der Waals surface area contributed by atoms with Crippen LogP contribution in [-0.4, -0.2) is 59.0 Å². The maximum atomic E-state index is 12.4. The van der Waals surface area contributed by atoms with E-state index < -0.39 is 10.2 Å². The van der Waals surface area contributed by atoms with E-state index in [-0.39, 0.29) is 5.92 Å². The minimum atomic E-state index is -3.36. The fraction of sp³-hybridized carbons (Fsp3) is 0.500. The van der Waals surface area contributed by atoms with Crippen LogP contribution in [-0.2, 0) is 17.3 Å². The smallest absolute Gasteiger partial charge is 0.266 e. The number of piperidine rings is 1. The molecule has 7 nitrogen and oxygen atoms in total. The van der Waals surface area contributed by atoms with Crippen LogP contribution in [0.4, 0.5) is 0 Å². The molecule has 1 fully saturated rings. The van der Waals surface area contributed by atoms with Crippen LogP contribution in [0.1, 0.15) is 24.3 Å². The standard InChI is InChI=1S/C16H23N5O2S/c1-19(2)24(22,23)21-10-4-5-14(12-21)13-6-8-17-15(11-13)16-7-9-18-20(16)3/h6-9,11,14H,4-5,10,12H2,1-3H3/t14-/m1/s1. The summed E-state index contributed by atoms with van der Waals surface area (Å²) in [6.07, 6.45) is 5.38. The molecule has 1 saturated heterocycles. The van der Waals surface area contributed by atoms with Gasteiger partial charge in [0, 0.05) is 46.6 Å². The summed E-state index contributed by atoms with van der Waals surface area (Å²) in [5.74, 6) is 0.184. The van der Waals surface area contributed by atoms with E-state index in [0.29, 0.717) is 13.1 Å². The molecule has 2 aromatic rings. The van der Waals surface area contributed by atoms with E-state index >= 15 is 0 Å². The van der Waals surface area contributed by atoms with Crippen LogP contribution in [0, 0.1) is 0 Å². The van der Waals surface area contributed by atoms with Gasteiger partial charge in [0.25, 0.3) is 10.2 Å². The summed E-state index contributed by atoms with van der Waals surface area (Å²) in [6, 6.07) is 5.96. The summed E-state index contributed by atoms with van der Waals surface area (Å²) < 4.78 is 29.4. The number of rotatable bonds is 4. The molecule has 0 bridgehead atoms. The summed E-state index contributed by atoms with van der Waals surface area (Å²) >= 11 is 0. The van der Waals surface area contributed by atoms with E-state index in [1.807, 2.05) is 25.2 Å². The first kappa shape index (κ1) is 17.1. The van der Waals surface area contributed by atoms with E-state index in [1.54, 1.807) is 35.5 Å². The van der Waals surface area contributed by atoms with Gasteiger partial charge in [0.1, 0.15) is 0 Å². The van der Waals surface area contributed by atoms with Crippen molar-refractivity contribution in [3.8, 4) is 11.4 Å². The van der Waals surface area contributed by atoms with E-state index in [9.17, 15) is 8.42 Å². The number of aryl methyl sites for hydroxylation is 1. The monoisotopic (exact) mass is 349 g/mol. The Labute approximate surface area is 143 Å². The van der Waals surface area contributed by atoms with Gasteiger partial charge in [0.15, 0.2) is 0 Å². The van der Waals surface area contributed by atoms with Crippen LogP contribution in [0.15, 0.2) is 30.6 Å². The third-order valence-electron chi connectivity index (χ3n) is 4.51. The van der Waals surface area contributed by atoms with Gasteiger partial charge in [-0.25, -0.2) is 0 Å². The lowest BCUT2D eigenvalue weighted by Gasteiger charge is -2.33. The minimum Gasteiger partial charge on any atom is -0.266 e. The first-order valence-corrected chi connectivity index (χ1v) is 9.41. The highest BCUT2D eigenvalue weighted by Gasteiger charge is 2.31. The Bertz CT molecular complexity index is 815. The van der Waals surface area contributed by atoms with Crippen molar-refractivity contribution >= 4 is 10.2 Å². The summed E-state index contributed by atoms with van der Waals surface area (Å²) in [5, 5.41) is 4.18. The second-order valence-electron chi connectivity index (χ2n) is 6.30. The Kier molecular flexibility index (Phi) is 4.71. The number of pyridine rings is 1. The van der Waals surface area contributed by atoms with Gasteiger partial charge >= 0.3 is 0 Å². The highest BCUT2D eigenvalue weighted by Crippen LogP contribution is 2.30. The lowest BCUT2D eigenvalue weighted by atomic mass is 9.91. The zero-order chi connectivity index (χ0) is 17.3. The largest absolute Gasteiger partial charge is 0.281 e. The third-order valence-corrected chi connectivity index (χ3v) is 6.42. The van der Waals surface area contributed by atoms with Crippen LogP contribution < -0.4 is 0 Å². The molecule has 0 spiro atoms. The molecule has 0 saturated carbocycles. The van der Waals surface area contributed by atoms with Gasteiger partial charge < -0.3 is 0 Å². The van der Waals surface area contributed by atoms with Crippen molar-refractivity contribution in [3.63, 3.8) is 0 Å². The molecule has 1 aliphatic rings. The average molecular weight is 349 g/mol. The van der Waals surface area contributed by atoms with Gasteiger partial charge in [-0.15, -0.1) is 0 Å². The van der Waals surface area contributed by atoms with Gasteiger partial charge in [-0.2, -0.15) is 22.1 Å². The highest BCUT2D eigenvalue weighted by molar-refractivity contribution is 7.86. The summed E-state index contributed by atoms with van der Waals surface area (Å²) in [5.41, 5.74) is 2.94. The predicted octanol–water partition coefficient (Wildman–Crippen LogP) is 1.47. The fourth-order valence-corrected chi connectivity index (χ4v) is 4.31. The second kappa shape index (κ2) is 6.62. The first-order valence-electron chi connectivity index (χ1n) is 8.01. The van der Waals surface area contributed by atoms with Gasteiger partial charge in [-0.05, 0) is 42.5 Å². The molecule has 1 aliphatic heterocycles. The van der Waals surface area contributed by atoms with Crippen molar-refractivity contribution in [1.82, 2.24) is 23.4 Å². The molecule has 0 N–H and O–H groups in total. The van der Waals surface area contributed by atoms with Crippen LogP contribution in [0.3, 0.4) is 0 Å². The molecule has 0 radical (unpaired) electrons. The molecule has 8 heteroatoms. The molecule has 0 aliphatic carbocycles. The van der Waals surface area contributed by atoms with Crippen LogP contribution in [0.25, 0.3) is 11.4 Å². The van der Waals surface area contributed by atoms with E-state index in [1.165, 1.54) is 4.31 Å². The quantitative estimate of drug-likeness (QED) is 0.838. The first-order chi connectivity index (χ1) is 11.4. The SMILES string of the molecule is CN(C)S(=O)(=O)N1CCC[C@@H](c2ccnc(-c3ccnn3C)c2)C1. The van der Waals surface area contributed by atoms with Crippen molar-refractivity contribution in [1.29, 1.82) is 0 Å². The molecule has 0 aromatic carbocycles. The molecule has 2 aromatic heterocycles. The van der Waals surface area contributed by atoms with Gasteiger partial charge in [-0.1, -0.05) is 0 Å². The van der Waals surface area contributed by atoms with E-state index in [2.05, 4.69) is 10.1 Å². The van der Waals surface area contributed by atoms with Crippen molar-refractivity contribution in [2.75, 3.05) is 27.2 Å². The Balaban J connectivity index is 1.86. The molecule has 1 atom stereocenters.